The van der Waals surface area contributed by atoms with Crippen molar-refractivity contribution >= 4 is 41.0 Å². The SMILES string of the molecule is O=C1NC(c2cccnc2)=N/C1=C\c1ccc(Cl)cc1Cl. The van der Waals surface area contributed by atoms with Gasteiger partial charge in [-0.05, 0) is 35.9 Å². The van der Waals surface area contributed by atoms with Crippen molar-refractivity contribution in [3.8, 4) is 0 Å². The van der Waals surface area contributed by atoms with Gasteiger partial charge in [-0.1, -0.05) is 29.3 Å². The first-order chi connectivity index (χ1) is 10.1. The molecule has 0 aliphatic carbocycles. The maximum Gasteiger partial charge on any atom is 0.275 e. The van der Waals surface area contributed by atoms with E-state index in [1.165, 1.54) is 0 Å². The van der Waals surface area contributed by atoms with Crippen LogP contribution in [0.4, 0.5) is 0 Å². The Hall–Kier alpha value is -2.17. The van der Waals surface area contributed by atoms with Crippen LogP contribution in [-0.2, 0) is 4.79 Å². The van der Waals surface area contributed by atoms with E-state index >= 15 is 0 Å². The number of benzene rings is 1. The summed E-state index contributed by atoms with van der Waals surface area (Å²) in [7, 11) is 0. The summed E-state index contributed by atoms with van der Waals surface area (Å²) in [5.41, 5.74) is 1.72. The number of nitrogens with zero attached hydrogens (tertiary/aromatic N) is 2. The second kappa shape index (κ2) is 5.68. The van der Waals surface area contributed by atoms with Crippen LogP contribution in [0.2, 0.25) is 10.0 Å². The Kier molecular flexibility index (Phi) is 3.73. The standard InChI is InChI=1S/C15H9Cl2N3O/c16-11-4-3-9(12(17)7-11)6-13-15(21)20-14(19-13)10-2-1-5-18-8-10/h1-8H,(H,19,20,21)/b13-6-. The third-order valence-electron chi connectivity index (χ3n) is 2.89. The zero-order chi connectivity index (χ0) is 14.8. The molecule has 4 nitrogen and oxygen atoms in total. The van der Waals surface area contributed by atoms with Crippen LogP contribution < -0.4 is 5.32 Å². The van der Waals surface area contributed by atoms with Gasteiger partial charge in [-0.15, -0.1) is 0 Å². The fourth-order valence-electron chi connectivity index (χ4n) is 1.87. The minimum atomic E-state index is -0.278. The van der Waals surface area contributed by atoms with Crippen molar-refractivity contribution in [1.82, 2.24) is 10.3 Å². The van der Waals surface area contributed by atoms with E-state index < -0.39 is 0 Å². The number of hydrogen-bond donors (Lipinski definition) is 1. The molecule has 3 rings (SSSR count). The number of halogens is 2. The van der Waals surface area contributed by atoms with Gasteiger partial charge in [0.25, 0.3) is 5.91 Å². The number of carbonyl (C=O) groups excluding carboxylic acids is 1. The molecule has 0 radical (unpaired) electrons. The van der Waals surface area contributed by atoms with E-state index in [1.807, 2.05) is 6.07 Å². The highest BCUT2D eigenvalue weighted by Gasteiger charge is 2.21. The lowest BCUT2D eigenvalue weighted by molar-refractivity contribution is -0.115. The van der Waals surface area contributed by atoms with Crippen molar-refractivity contribution in [1.29, 1.82) is 0 Å². The van der Waals surface area contributed by atoms with Crippen molar-refractivity contribution in [2.75, 3.05) is 0 Å². The number of amides is 1. The minimum absolute atomic E-state index is 0.278. The fraction of sp³-hybridized carbons (Fsp3) is 0. The summed E-state index contributed by atoms with van der Waals surface area (Å²) >= 11 is 11.9. The van der Waals surface area contributed by atoms with Crippen molar-refractivity contribution in [3.63, 3.8) is 0 Å². The lowest BCUT2D eigenvalue weighted by Crippen LogP contribution is -2.24. The Labute approximate surface area is 131 Å². The van der Waals surface area contributed by atoms with Gasteiger partial charge in [-0.3, -0.25) is 9.78 Å². The summed E-state index contributed by atoms with van der Waals surface area (Å²) in [6, 6.07) is 8.67. The third-order valence-corrected chi connectivity index (χ3v) is 3.45. The number of nitrogens with one attached hydrogen (secondary N) is 1. The lowest BCUT2D eigenvalue weighted by Gasteiger charge is -1.99. The monoisotopic (exact) mass is 317 g/mol. The van der Waals surface area contributed by atoms with E-state index in [9.17, 15) is 4.79 Å². The molecule has 0 unspecified atom stereocenters. The van der Waals surface area contributed by atoms with E-state index in [2.05, 4.69) is 15.3 Å². The average molecular weight is 318 g/mol. The van der Waals surface area contributed by atoms with Crippen molar-refractivity contribution in [2.24, 2.45) is 4.99 Å². The molecular formula is C15H9Cl2N3O. The van der Waals surface area contributed by atoms with Crippen LogP contribution in [0.3, 0.4) is 0 Å². The number of rotatable bonds is 2. The van der Waals surface area contributed by atoms with Crippen LogP contribution >= 0.6 is 23.2 Å². The molecule has 21 heavy (non-hydrogen) atoms. The van der Waals surface area contributed by atoms with E-state index in [-0.39, 0.29) is 11.6 Å². The number of aromatic nitrogens is 1. The predicted octanol–water partition coefficient (Wildman–Crippen LogP) is 3.31. The van der Waals surface area contributed by atoms with Crippen LogP contribution in [0.5, 0.6) is 0 Å². The highest BCUT2D eigenvalue weighted by molar-refractivity contribution is 6.35. The summed E-state index contributed by atoms with van der Waals surface area (Å²) in [4.78, 5) is 20.2. The Morgan fingerprint density at radius 1 is 1.19 bits per heavy atom. The first-order valence-electron chi connectivity index (χ1n) is 6.11. The van der Waals surface area contributed by atoms with Gasteiger partial charge < -0.3 is 5.32 Å². The number of amidine groups is 1. The maximum atomic E-state index is 12.0. The molecule has 1 aromatic carbocycles. The molecule has 1 aliphatic heterocycles. The number of carbonyl (C=O) groups is 1. The molecule has 6 heteroatoms. The Morgan fingerprint density at radius 3 is 2.76 bits per heavy atom. The molecule has 0 fully saturated rings. The largest absolute Gasteiger partial charge is 0.305 e. The van der Waals surface area contributed by atoms with Gasteiger partial charge in [0.2, 0.25) is 0 Å². The van der Waals surface area contributed by atoms with Crippen LogP contribution in [0, 0.1) is 0 Å². The molecule has 104 valence electrons. The fourth-order valence-corrected chi connectivity index (χ4v) is 2.34. The first-order valence-corrected chi connectivity index (χ1v) is 6.86. The highest BCUT2D eigenvalue weighted by Crippen LogP contribution is 2.24. The smallest absolute Gasteiger partial charge is 0.275 e. The van der Waals surface area contributed by atoms with Crippen molar-refractivity contribution in [2.45, 2.75) is 0 Å². The summed E-state index contributed by atoms with van der Waals surface area (Å²) in [6.45, 7) is 0. The second-order valence-electron chi connectivity index (χ2n) is 4.35. The molecule has 0 bridgehead atoms. The van der Waals surface area contributed by atoms with Crippen LogP contribution in [0.15, 0.2) is 53.4 Å². The zero-order valence-electron chi connectivity index (χ0n) is 10.7. The molecule has 1 aliphatic rings. The molecule has 1 N–H and O–H groups in total. The molecule has 1 aromatic heterocycles. The van der Waals surface area contributed by atoms with Gasteiger partial charge in [-0.25, -0.2) is 4.99 Å². The summed E-state index contributed by atoms with van der Waals surface area (Å²) in [5.74, 6) is 0.198. The summed E-state index contributed by atoms with van der Waals surface area (Å²) in [5, 5.41) is 3.71. The molecule has 1 amide bonds. The Balaban J connectivity index is 1.97. The molecule has 0 spiro atoms. The van der Waals surface area contributed by atoms with Gasteiger partial charge >= 0.3 is 0 Å². The molecule has 0 saturated carbocycles. The van der Waals surface area contributed by atoms with Crippen molar-refractivity contribution in [3.05, 3.63) is 69.6 Å². The van der Waals surface area contributed by atoms with Crippen LogP contribution in [0.25, 0.3) is 6.08 Å². The average Bonchev–Trinajstić information content (AvgIpc) is 2.84. The van der Waals surface area contributed by atoms with E-state index in [0.717, 1.165) is 5.56 Å². The Morgan fingerprint density at radius 2 is 2.05 bits per heavy atom. The van der Waals surface area contributed by atoms with Crippen molar-refractivity contribution < 1.29 is 4.79 Å². The van der Waals surface area contributed by atoms with E-state index in [4.69, 9.17) is 23.2 Å². The molecule has 2 aromatic rings. The lowest BCUT2D eigenvalue weighted by atomic mass is 10.2. The number of hydrogen-bond acceptors (Lipinski definition) is 3. The molecular weight excluding hydrogens is 309 g/mol. The van der Waals surface area contributed by atoms with Gasteiger partial charge in [0.1, 0.15) is 11.5 Å². The highest BCUT2D eigenvalue weighted by atomic mass is 35.5. The van der Waals surface area contributed by atoms with Crippen LogP contribution in [0.1, 0.15) is 11.1 Å². The topological polar surface area (TPSA) is 54.4 Å². The maximum absolute atomic E-state index is 12.0. The first kappa shape index (κ1) is 13.8. The zero-order valence-corrected chi connectivity index (χ0v) is 12.2. The molecule has 2 heterocycles. The number of pyridine rings is 1. The normalized spacial score (nSPS) is 16.0. The molecule has 0 saturated heterocycles. The van der Waals surface area contributed by atoms with E-state index in [0.29, 0.717) is 21.4 Å². The number of aliphatic imine (C=N–C) groups is 1. The molecule has 0 atom stereocenters. The predicted molar refractivity (Wildman–Crippen MR) is 83.4 cm³/mol. The van der Waals surface area contributed by atoms with Gasteiger partial charge in [-0.2, -0.15) is 0 Å². The quantitative estimate of drug-likeness (QED) is 0.864. The van der Waals surface area contributed by atoms with Gasteiger partial charge in [0, 0.05) is 28.0 Å². The van der Waals surface area contributed by atoms with Gasteiger partial charge in [0.15, 0.2) is 0 Å². The van der Waals surface area contributed by atoms with E-state index in [1.54, 1.807) is 42.7 Å². The third kappa shape index (κ3) is 2.96. The summed E-state index contributed by atoms with van der Waals surface area (Å²) in [6.07, 6.45) is 4.92. The minimum Gasteiger partial charge on any atom is -0.305 e. The Bertz CT molecular complexity index is 770. The van der Waals surface area contributed by atoms with Gasteiger partial charge in [0.05, 0.1) is 0 Å². The van der Waals surface area contributed by atoms with Crippen LogP contribution in [-0.4, -0.2) is 16.7 Å². The summed E-state index contributed by atoms with van der Waals surface area (Å²) < 4.78 is 0. The second-order valence-corrected chi connectivity index (χ2v) is 5.20.